The summed E-state index contributed by atoms with van der Waals surface area (Å²) in [5.41, 5.74) is 3.99. The Morgan fingerprint density at radius 3 is 3.04 bits per heavy atom. The number of carbonyl (C=O) groups is 1. The van der Waals surface area contributed by atoms with Gasteiger partial charge in [-0.3, -0.25) is 4.79 Å². The summed E-state index contributed by atoms with van der Waals surface area (Å²) in [6, 6.07) is 7.76. The molecule has 6 nitrogen and oxygen atoms in total. The number of nitrogens with zero attached hydrogens (tertiary/aromatic N) is 3. The maximum absolute atomic E-state index is 13.0. The lowest BCUT2D eigenvalue weighted by molar-refractivity contribution is 0.0922. The molecule has 3 heterocycles. The first-order valence-corrected chi connectivity index (χ1v) is 9.44. The summed E-state index contributed by atoms with van der Waals surface area (Å²) in [5.74, 6) is 0.696. The molecule has 0 fully saturated rings. The zero-order valence-electron chi connectivity index (χ0n) is 14.6. The number of hydrogen-bond acceptors (Lipinski definition) is 4. The average molecular weight is 415 g/mol. The highest BCUT2D eigenvalue weighted by Gasteiger charge is 2.25. The summed E-state index contributed by atoms with van der Waals surface area (Å²) in [5, 5.41) is 7.66. The molecule has 1 aliphatic rings. The molecule has 0 spiro atoms. The number of nitrogens with one attached hydrogen (secondary N) is 1. The van der Waals surface area contributed by atoms with Crippen LogP contribution in [0, 0.1) is 6.92 Å². The third kappa shape index (κ3) is 2.76. The van der Waals surface area contributed by atoms with Gasteiger partial charge in [-0.15, -0.1) is 0 Å². The van der Waals surface area contributed by atoms with Crippen LogP contribution < -0.4 is 10.1 Å². The minimum absolute atomic E-state index is 0.0704. The molecule has 1 amide bonds. The van der Waals surface area contributed by atoms with E-state index in [9.17, 15) is 4.79 Å². The van der Waals surface area contributed by atoms with Gasteiger partial charge in [0.25, 0.3) is 5.91 Å². The second-order valence-electron chi connectivity index (χ2n) is 6.31. The molecule has 26 heavy (non-hydrogen) atoms. The van der Waals surface area contributed by atoms with Crippen molar-refractivity contribution >= 4 is 27.5 Å². The Labute approximate surface area is 159 Å². The highest BCUT2D eigenvalue weighted by atomic mass is 79.9. The number of aromatic nitrogens is 3. The van der Waals surface area contributed by atoms with E-state index in [1.807, 2.05) is 38.1 Å². The first-order valence-electron chi connectivity index (χ1n) is 8.65. The molecule has 1 aromatic carbocycles. The van der Waals surface area contributed by atoms with Crippen LogP contribution >= 0.6 is 15.9 Å². The van der Waals surface area contributed by atoms with Gasteiger partial charge < -0.3 is 10.1 Å². The molecule has 0 saturated heterocycles. The molecule has 1 unspecified atom stereocenters. The number of rotatable bonds is 3. The third-order valence-corrected chi connectivity index (χ3v) is 5.62. The molecular weight excluding hydrogens is 396 g/mol. The number of benzene rings is 1. The molecule has 0 saturated carbocycles. The zero-order chi connectivity index (χ0) is 18.3. The Balaban J connectivity index is 1.69. The van der Waals surface area contributed by atoms with Crippen molar-refractivity contribution in [2.45, 2.75) is 32.7 Å². The molecule has 0 aliphatic carbocycles. The SMILES string of the molecule is CCc1c(C(=O)NC2CCOc3ccccc32)cnc2c(Br)c(C)nn12. The number of carbonyl (C=O) groups excluding carboxylic acids is 1. The number of amides is 1. The number of para-hydroxylation sites is 1. The lowest BCUT2D eigenvalue weighted by atomic mass is 10.00. The molecule has 3 aromatic rings. The quantitative estimate of drug-likeness (QED) is 0.710. The van der Waals surface area contributed by atoms with Crippen molar-refractivity contribution in [3.05, 3.63) is 57.4 Å². The van der Waals surface area contributed by atoms with Gasteiger partial charge in [0.1, 0.15) is 5.75 Å². The minimum atomic E-state index is -0.137. The van der Waals surface area contributed by atoms with Crippen LogP contribution in [-0.4, -0.2) is 27.1 Å². The largest absolute Gasteiger partial charge is 0.493 e. The molecule has 1 N–H and O–H groups in total. The summed E-state index contributed by atoms with van der Waals surface area (Å²) in [7, 11) is 0. The van der Waals surface area contributed by atoms with Crippen LogP contribution in [0.5, 0.6) is 5.75 Å². The van der Waals surface area contributed by atoms with Gasteiger partial charge in [-0.1, -0.05) is 25.1 Å². The van der Waals surface area contributed by atoms with E-state index in [2.05, 4.69) is 31.3 Å². The molecular formula is C19H19BrN4O2. The third-order valence-electron chi connectivity index (χ3n) is 4.69. The van der Waals surface area contributed by atoms with Crippen LogP contribution in [0.3, 0.4) is 0 Å². The normalized spacial score (nSPS) is 16.2. The van der Waals surface area contributed by atoms with E-state index in [1.54, 1.807) is 10.7 Å². The maximum Gasteiger partial charge on any atom is 0.255 e. The lowest BCUT2D eigenvalue weighted by Gasteiger charge is -2.26. The first-order chi connectivity index (χ1) is 12.6. The van der Waals surface area contributed by atoms with Crippen LogP contribution in [0.1, 0.15) is 46.7 Å². The van der Waals surface area contributed by atoms with Gasteiger partial charge in [0.05, 0.1) is 34.1 Å². The summed E-state index contributed by atoms with van der Waals surface area (Å²) in [4.78, 5) is 17.4. The van der Waals surface area contributed by atoms with Crippen molar-refractivity contribution in [2.75, 3.05) is 6.61 Å². The first kappa shape index (κ1) is 17.0. The van der Waals surface area contributed by atoms with E-state index in [1.165, 1.54) is 0 Å². The molecule has 4 rings (SSSR count). The van der Waals surface area contributed by atoms with Crippen LogP contribution in [0.25, 0.3) is 5.65 Å². The fourth-order valence-electron chi connectivity index (χ4n) is 3.37. The van der Waals surface area contributed by atoms with Gasteiger partial charge in [-0.25, -0.2) is 9.50 Å². The van der Waals surface area contributed by atoms with Crippen molar-refractivity contribution in [1.82, 2.24) is 19.9 Å². The van der Waals surface area contributed by atoms with Gasteiger partial charge in [0.2, 0.25) is 0 Å². The highest BCUT2D eigenvalue weighted by Crippen LogP contribution is 2.32. The van der Waals surface area contributed by atoms with Crippen molar-refractivity contribution < 1.29 is 9.53 Å². The molecule has 0 radical (unpaired) electrons. The maximum atomic E-state index is 13.0. The summed E-state index contributed by atoms with van der Waals surface area (Å²) >= 11 is 3.51. The van der Waals surface area contributed by atoms with Gasteiger partial charge in [-0.05, 0) is 35.3 Å². The smallest absolute Gasteiger partial charge is 0.255 e. The monoisotopic (exact) mass is 414 g/mol. The predicted molar refractivity (Wildman–Crippen MR) is 102 cm³/mol. The molecule has 134 valence electrons. The number of fused-ring (bicyclic) bond motifs is 2. The average Bonchev–Trinajstić information content (AvgIpc) is 2.95. The Morgan fingerprint density at radius 1 is 1.42 bits per heavy atom. The molecule has 7 heteroatoms. The molecule has 0 bridgehead atoms. The highest BCUT2D eigenvalue weighted by molar-refractivity contribution is 9.10. The van der Waals surface area contributed by atoms with Gasteiger partial charge in [0, 0.05) is 18.2 Å². The second-order valence-corrected chi connectivity index (χ2v) is 7.10. The van der Waals surface area contributed by atoms with E-state index in [4.69, 9.17) is 4.74 Å². The number of halogens is 1. The Bertz CT molecular complexity index is 999. The fourth-order valence-corrected chi connectivity index (χ4v) is 3.72. The van der Waals surface area contributed by atoms with Crippen molar-refractivity contribution in [1.29, 1.82) is 0 Å². The van der Waals surface area contributed by atoms with E-state index in [0.29, 0.717) is 18.6 Å². The molecule has 1 aliphatic heterocycles. The van der Waals surface area contributed by atoms with Gasteiger partial charge >= 0.3 is 0 Å². The van der Waals surface area contributed by atoms with Crippen molar-refractivity contribution in [3.63, 3.8) is 0 Å². The topological polar surface area (TPSA) is 68.5 Å². The van der Waals surface area contributed by atoms with Crippen LogP contribution in [0.2, 0.25) is 0 Å². The van der Waals surface area contributed by atoms with Crippen LogP contribution in [-0.2, 0) is 6.42 Å². The van der Waals surface area contributed by atoms with Crippen LogP contribution in [0.15, 0.2) is 34.9 Å². The van der Waals surface area contributed by atoms with Gasteiger partial charge in [-0.2, -0.15) is 5.10 Å². The lowest BCUT2D eigenvalue weighted by Crippen LogP contribution is -2.33. The fraction of sp³-hybridized carbons (Fsp3) is 0.316. The number of ether oxygens (including phenoxy) is 1. The van der Waals surface area contributed by atoms with E-state index < -0.39 is 0 Å². The molecule has 2 aromatic heterocycles. The number of aryl methyl sites for hydroxylation is 2. The summed E-state index contributed by atoms with van der Waals surface area (Å²) in [6.45, 7) is 4.52. The van der Waals surface area contributed by atoms with Crippen molar-refractivity contribution in [2.24, 2.45) is 0 Å². The Morgan fingerprint density at radius 2 is 2.23 bits per heavy atom. The summed E-state index contributed by atoms with van der Waals surface area (Å²) in [6.07, 6.45) is 3.06. The van der Waals surface area contributed by atoms with E-state index in [0.717, 1.165) is 39.2 Å². The van der Waals surface area contributed by atoms with E-state index in [-0.39, 0.29) is 11.9 Å². The Hall–Kier alpha value is -2.41. The molecule has 1 atom stereocenters. The standard InChI is InChI=1S/C19H19BrN4O2/c1-3-15-13(10-21-18-17(20)11(2)23-24(15)18)19(25)22-14-8-9-26-16-7-5-4-6-12(14)16/h4-7,10,14H,3,8-9H2,1-2H3,(H,22,25). The summed E-state index contributed by atoms with van der Waals surface area (Å²) < 4.78 is 8.29. The Kier molecular flexibility index (Phi) is 4.40. The zero-order valence-corrected chi connectivity index (χ0v) is 16.2. The second kappa shape index (κ2) is 6.72. The predicted octanol–water partition coefficient (Wildman–Crippen LogP) is 3.62. The van der Waals surface area contributed by atoms with Crippen LogP contribution in [0.4, 0.5) is 0 Å². The van der Waals surface area contributed by atoms with Gasteiger partial charge in [0.15, 0.2) is 5.65 Å². The van der Waals surface area contributed by atoms with E-state index >= 15 is 0 Å². The number of hydrogen-bond donors (Lipinski definition) is 1. The minimum Gasteiger partial charge on any atom is -0.493 e. The van der Waals surface area contributed by atoms with Crippen molar-refractivity contribution in [3.8, 4) is 5.75 Å².